The highest BCUT2D eigenvalue weighted by atomic mass is 32.2. The number of non-ortho nitro benzene ring substituents is 1. The van der Waals surface area contributed by atoms with Crippen LogP contribution in [0.4, 0.5) is 5.69 Å². The summed E-state index contributed by atoms with van der Waals surface area (Å²) in [6.45, 7) is 0. The summed E-state index contributed by atoms with van der Waals surface area (Å²) in [6.07, 6.45) is 1.66. The standard InChI is InChI=1S/C10H6N2O3S/c13-10-9(16-6-11-10)5-7-1-3-8(4-2-7)12(14)15/h1-6H. The summed E-state index contributed by atoms with van der Waals surface area (Å²) in [5.41, 5.74) is 2.25. The van der Waals surface area contributed by atoms with Gasteiger partial charge in [0.25, 0.3) is 11.6 Å². The van der Waals surface area contributed by atoms with Crippen molar-refractivity contribution in [2.24, 2.45) is 4.99 Å². The molecule has 0 spiro atoms. The Morgan fingerprint density at radius 3 is 2.50 bits per heavy atom. The Labute approximate surface area is 95.0 Å². The van der Waals surface area contributed by atoms with Crippen LogP contribution >= 0.6 is 11.8 Å². The third-order valence-corrected chi connectivity index (χ3v) is 2.72. The molecule has 0 aromatic heterocycles. The van der Waals surface area contributed by atoms with E-state index in [1.807, 2.05) is 0 Å². The van der Waals surface area contributed by atoms with Gasteiger partial charge in [-0.1, -0.05) is 11.8 Å². The SMILES string of the molecule is O=C1N=CSC1=Cc1ccc([N+](=O)[O-])cc1. The summed E-state index contributed by atoms with van der Waals surface area (Å²) in [7, 11) is 0. The van der Waals surface area contributed by atoms with Gasteiger partial charge in [0.2, 0.25) is 0 Å². The molecule has 5 nitrogen and oxygen atoms in total. The molecule has 2 rings (SSSR count). The van der Waals surface area contributed by atoms with E-state index >= 15 is 0 Å². The van der Waals surface area contributed by atoms with Gasteiger partial charge in [-0.05, 0) is 23.8 Å². The lowest BCUT2D eigenvalue weighted by Crippen LogP contribution is -1.89. The minimum atomic E-state index is -0.463. The molecular weight excluding hydrogens is 228 g/mol. The van der Waals surface area contributed by atoms with Crippen molar-refractivity contribution in [3.05, 3.63) is 44.8 Å². The molecule has 0 fully saturated rings. The van der Waals surface area contributed by atoms with Crippen molar-refractivity contribution in [2.45, 2.75) is 0 Å². The van der Waals surface area contributed by atoms with E-state index in [1.54, 1.807) is 18.2 Å². The number of benzene rings is 1. The number of aliphatic imine (C=N–C) groups is 1. The number of amides is 1. The van der Waals surface area contributed by atoms with Crippen LogP contribution in [0.3, 0.4) is 0 Å². The maximum Gasteiger partial charge on any atom is 0.284 e. The second-order valence-electron chi connectivity index (χ2n) is 3.01. The fraction of sp³-hybridized carbons (Fsp3) is 0. The summed E-state index contributed by atoms with van der Waals surface area (Å²) < 4.78 is 0. The Morgan fingerprint density at radius 1 is 1.31 bits per heavy atom. The van der Waals surface area contributed by atoms with Gasteiger partial charge in [-0.3, -0.25) is 14.9 Å². The molecule has 0 saturated carbocycles. The Hall–Kier alpha value is -1.95. The van der Waals surface area contributed by atoms with Gasteiger partial charge >= 0.3 is 0 Å². The topological polar surface area (TPSA) is 72.6 Å². The third kappa shape index (κ3) is 2.17. The molecule has 0 bridgehead atoms. The zero-order valence-corrected chi connectivity index (χ0v) is 8.81. The Kier molecular flexibility index (Phi) is 2.82. The average Bonchev–Trinajstić information content (AvgIpc) is 2.65. The van der Waals surface area contributed by atoms with E-state index in [2.05, 4.69) is 4.99 Å². The fourth-order valence-electron chi connectivity index (χ4n) is 1.18. The first kappa shape index (κ1) is 10.6. The average molecular weight is 234 g/mol. The number of carbonyl (C=O) groups is 1. The molecule has 16 heavy (non-hydrogen) atoms. The zero-order chi connectivity index (χ0) is 11.5. The minimum absolute atomic E-state index is 0.0313. The summed E-state index contributed by atoms with van der Waals surface area (Å²) in [5, 5.41) is 10.4. The Bertz CT molecular complexity index is 505. The Morgan fingerprint density at radius 2 is 2.00 bits per heavy atom. The van der Waals surface area contributed by atoms with Crippen molar-refractivity contribution >= 4 is 35.0 Å². The highest BCUT2D eigenvalue weighted by Crippen LogP contribution is 2.24. The van der Waals surface area contributed by atoms with Crippen LogP contribution in [0.2, 0.25) is 0 Å². The van der Waals surface area contributed by atoms with Crippen LogP contribution in [0.5, 0.6) is 0 Å². The largest absolute Gasteiger partial charge is 0.284 e. The van der Waals surface area contributed by atoms with Gasteiger partial charge in [-0.2, -0.15) is 0 Å². The van der Waals surface area contributed by atoms with Crippen molar-refractivity contribution in [1.29, 1.82) is 0 Å². The van der Waals surface area contributed by atoms with Gasteiger partial charge in [0, 0.05) is 12.1 Å². The van der Waals surface area contributed by atoms with Crippen LogP contribution < -0.4 is 0 Å². The molecule has 0 saturated heterocycles. The molecule has 0 aliphatic carbocycles. The van der Waals surface area contributed by atoms with Crippen molar-refractivity contribution in [1.82, 2.24) is 0 Å². The van der Waals surface area contributed by atoms with E-state index in [-0.39, 0.29) is 11.6 Å². The minimum Gasteiger partial charge on any atom is -0.266 e. The van der Waals surface area contributed by atoms with Crippen LogP contribution in [0.25, 0.3) is 6.08 Å². The molecule has 0 radical (unpaired) electrons. The summed E-state index contributed by atoms with van der Waals surface area (Å²) in [6, 6.07) is 5.99. The molecule has 1 aliphatic heterocycles. The van der Waals surface area contributed by atoms with Crippen LogP contribution in [0.1, 0.15) is 5.56 Å². The maximum atomic E-state index is 11.2. The van der Waals surface area contributed by atoms with Crippen molar-refractivity contribution in [3.8, 4) is 0 Å². The van der Waals surface area contributed by atoms with E-state index in [4.69, 9.17) is 0 Å². The molecule has 6 heteroatoms. The Balaban J connectivity index is 2.23. The van der Waals surface area contributed by atoms with Gasteiger partial charge in [-0.25, -0.2) is 4.99 Å². The lowest BCUT2D eigenvalue weighted by molar-refractivity contribution is -0.384. The van der Waals surface area contributed by atoms with E-state index in [9.17, 15) is 14.9 Å². The monoisotopic (exact) mass is 234 g/mol. The molecule has 1 aromatic rings. The van der Waals surface area contributed by atoms with Crippen LogP contribution in [0.15, 0.2) is 34.2 Å². The predicted octanol–water partition coefficient (Wildman–Crippen LogP) is 2.24. The van der Waals surface area contributed by atoms with E-state index in [0.29, 0.717) is 4.91 Å². The summed E-state index contributed by atoms with van der Waals surface area (Å²) >= 11 is 1.24. The van der Waals surface area contributed by atoms with Gasteiger partial charge in [0.1, 0.15) is 0 Å². The summed E-state index contributed by atoms with van der Waals surface area (Å²) in [5.74, 6) is -0.275. The third-order valence-electron chi connectivity index (χ3n) is 1.96. The normalized spacial score (nSPS) is 17.0. The molecule has 0 unspecified atom stereocenters. The van der Waals surface area contributed by atoms with E-state index in [0.717, 1.165) is 5.56 Å². The van der Waals surface area contributed by atoms with Crippen LogP contribution in [0, 0.1) is 10.1 Å². The van der Waals surface area contributed by atoms with Crippen LogP contribution in [-0.4, -0.2) is 16.4 Å². The molecule has 1 heterocycles. The highest BCUT2D eigenvalue weighted by molar-refractivity contribution is 8.16. The summed E-state index contributed by atoms with van der Waals surface area (Å²) in [4.78, 5) is 25.2. The molecule has 0 N–H and O–H groups in total. The van der Waals surface area contributed by atoms with Gasteiger partial charge in [0.15, 0.2) is 0 Å². The van der Waals surface area contributed by atoms with Crippen molar-refractivity contribution in [2.75, 3.05) is 0 Å². The molecule has 1 amide bonds. The quantitative estimate of drug-likeness (QED) is 0.447. The second-order valence-corrected chi connectivity index (χ2v) is 3.90. The molecule has 80 valence electrons. The number of nitrogens with zero attached hydrogens (tertiary/aromatic N) is 2. The first-order chi connectivity index (χ1) is 7.66. The lowest BCUT2D eigenvalue weighted by Gasteiger charge is -1.95. The zero-order valence-electron chi connectivity index (χ0n) is 7.99. The number of carbonyl (C=O) groups excluding carboxylic acids is 1. The van der Waals surface area contributed by atoms with Crippen molar-refractivity contribution in [3.63, 3.8) is 0 Å². The van der Waals surface area contributed by atoms with Crippen molar-refractivity contribution < 1.29 is 9.72 Å². The number of thioether (sulfide) groups is 1. The number of nitro benzene ring substituents is 1. The first-order valence-corrected chi connectivity index (χ1v) is 5.24. The maximum absolute atomic E-state index is 11.2. The molecule has 1 aliphatic rings. The van der Waals surface area contributed by atoms with Gasteiger partial charge in [-0.15, -0.1) is 0 Å². The lowest BCUT2D eigenvalue weighted by atomic mass is 10.2. The second kappa shape index (κ2) is 4.28. The number of rotatable bonds is 2. The smallest absolute Gasteiger partial charge is 0.266 e. The molecular formula is C10H6N2O3S. The number of hydrogen-bond donors (Lipinski definition) is 0. The highest BCUT2D eigenvalue weighted by Gasteiger charge is 2.13. The number of nitro groups is 1. The first-order valence-electron chi connectivity index (χ1n) is 4.36. The number of hydrogen-bond acceptors (Lipinski definition) is 4. The van der Waals surface area contributed by atoms with E-state index in [1.165, 1.54) is 29.4 Å². The molecule has 1 aromatic carbocycles. The van der Waals surface area contributed by atoms with Crippen LogP contribution in [-0.2, 0) is 4.79 Å². The predicted molar refractivity (Wildman–Crippen MR) is 62.2 cm³/mol. The van der Waals surface area contributed by atoms with Gasteiger partial charge in [0.05, 0.1) is 15.4 Å². The van der Waals surface area contributed by atoms with Gasteiger partial charge < -0.3 is 0 Å². The molecule has 0 atom stereocenters. The van der Waals surface area contributed by atoms with E-state index < -0.39 is 4.92 Å². The fourth-order valence-corrected chi connectivity index (χ4v) is 1.80.